The summed E-state index contributed by atoms with van der Waals surface area (Å²) in [4.78, 5) is 30.1. The van der Waals surface area contributed by atoms with Crippen LogP contribution < -0.4 is 15.6 Å². The van der Waals surface area contributed by atoms with E-state index in [0.29, 0.717) is 26.2 Å². The summed E-state index contributed by atoms with van der Waals surface area (Å²) in [5.74, 6) is -3.75. The Balaban J connectivity index is 2.03. The van der Waals surface area contributed by atoms with Crippen LogP contribution in [0.1, 0.15) is 10.4 Å². The number of hydrogen-bond donors (Lipinski definition) is 3. The van der Waals surface area contributed by atoms with Crippen molar-refractivity contribution in [3.05, 3.63) is 57.9 Å². The van der Waals surface area contributed by atoms with Gasteiger partial charge in [0.15, 0.2) is 28.8 Å². The summed E-state index contributed by atoms with van der Waals surface area (Å²) in [6.07, 6.45) is 1.02. The van der Waals surface area contributed by atoms with Crippen LogP contribution in [0.5, 0.6) is 5.75 Å². The van der Waals surface area contributed by atoms with E-state index >= 15 is 0 Å². The average molecular weight is 402 g/mol. The molecule has 3 heterocycles. The van der Waals surface area contributed by atoms with E-state index in [1.165, 1.54) is 10.6 Å². The van der Waals surface area contributed by atoms with E-state index in [1.54, 1.807) is 4.90 Å². The fourth-order valence-corrected chi connectivity index (χ4v) is 3.31. The first-order valence-electron chi connectivity index (χ1n) is 8.80. The summed E-state index contributed by atoms with van der Waals surface area (Å²) < 4.78 is 29.9. The lowest BCUT2D eigenvalue weighted by molar-refractivity contribution is 0.0695. The maximum Gasteiger partial charge on any atom is 0.341 e. The zero-order chi connectivity index (χ0) is 20.7. The smallest absolute Gasteiger partial charge is 0.341 e. The van der Waals surface area contributed by atoms with Crippen LogP contribution in [0.3, 0.4) is 0 Å². The highest BCUT2D eigenvalue weighted by atomic mass is 19.1. The number of nitrogens with zero attached hydrogens (tertiary/aromatic N) is 3. The Morgan fingerprint density at radius 1 is 1.14 bits per heavy atom. The van der Waals surface area contributed by atoms with Crippen molar-refractivity contribution < 1.29 is 23.8 Å². The van der Waals surface area contributed by atoms with Crippen LogP contribution in [-0.2, 0) is 0 Å². The van der Waals surface area contributed by atoms with Crippen LogP contribution in [0.25, 0.3) is 16.7 Å². The minimum atomic E-state index is -1.50. The zero-order valence-electron chi connectivity index (χ0n) is 15.0. The summed E-state index contributed by atoms with van der Waals surface area (Å²) in [6.45, 7) is 2.27. The lowest BCUT2D eigenvalue weighted by atomic mass is 10.1. The number of aromatic nitrogens is 2. The molecular formula is C19H16F2N4O4. The molecule has 4 rings (SSSR count). The molecule has 29 heavy (non-hydrogen) atoms. The molecular weight excluding hydrogens is 386 g/mol. The fraction of sp³-hybridized carbons (Fsp3) is 0.211. The number of carboxylic acids is 1. The molecule has 0 amide bonds. The maximum atomic E-state index is 14.8. The second kappa shape index (κ2) is 7.13. The molecule has 0 aliphatic carbocycles. The van der Waals surface area contributed by atoms with E-state index < -0.39 is 34.3 Å². The molecule has 8 nitrogen and oxygen atoms in total. The predicted molar refractivity (Wildman–Crippen MR) is 101 cm³/mol. The Morgan fingerprint density at radius 2 is 1.86 bits per heavy atom. The number of carbonyl (C=O) groups is 1. The minimum Gasteiger partial charge on any atom is -0.505 e. The van der Waals surface area contributed by atoms with Crippen LogP contribution >= 0.6 is 0 Å². The molecule has 2 aromatic heterocycles. The molecule has 3 aromatic rings. The molecule has 1 aliphatic rings. The topological polar surface area (TPSA) is 108 Å². The van der Waals surface area contributed by atoms with E-state index in [9.17, 15) is 28.6 Å². The second-order valence-corrected chi connectivity index (χ2v) is 6.58. The van der Waals surface area contributed by atoms with Crippen molar-refractivity contribution in [3.63, 3.8) is 0 Å². The molecule has 150 valence electrons. The number of piperazine rings is 1. The highest BCUT2D eigenvalue weighted by molar-refractivity contribution is 5.92. The van der Waals surface area contributed by atoms with E-state index in [1.807, 2.05) is 0 Å². The number of hydrogen-bond acceptors (Lipinski definition) is 6. The summed E-state index contributed by atoms with van der Waals surface area (Å²) in [6, 6.07) is 4.36. The van der Waals surface area contributed by atoms with Gasteiger partial charge in [0, 0.05) is 38.4 Å². The van der Waals surface area contributed by atoms with Crippen molar-refractivity contribution in [1.29, 1.82) is 0 Å². The van der Waals surface area contributed by atoms with Gasteiger partial charge in [-0.05, 0) is 18.2 Å². The summed E-state index contributed by atoms with van der Waals surface area (Å²) in [5.41, 5.74) is -1.39. The number of aromatic carboxylic acids is 1. The molecule has 0 saturated carbocycles. The molecule has 1 aromatic carbocycles. The van der Waals surface area contributed by atoms with Crippen molar-refractivity contribution >= 4 is 22.8 Å². The van der Waals surface area contributed by atoms with E-state index in [4.69, 9.17) is 0 Å². The number of fused-ring (bicyclic) bond motifs is 1. The van der Waals surface area contributed by atoms with Crippen LogP contribution in [0, 0.1) is 11.6 Å². The number of pyridine rings is 2. The lowest BCUT2D eigenvalue weighted by Gasteiger charge is -2.29. The van der Waals surface area contributed by atoms with Crippen molar-refractivity contribution in [2.45, 2.75) is 0 Å². The quantitative estimate of drug-likeness (QED) is 0.609. The van der Waals surface area contributed by atoms with Gasteiger partial charge in [-0.2, -0.15) is 0 Å². The molecule has 0 atom stereocenters. The Morgan fingerprint density at radius 3 is 2.52 bits per heavy atom. The molecule has 0 bridgehead atoms. The van der Waals surface area contributed by atoms with Gasteiger partial charge >= 0.3 is 5.97 Å². The molecule has 1 saturated heterocycles. The van der Waals surface area contributed by atoms with Gasteiger partial charge in [0.05, 0.1) is 11.1 Å². The van der Waals surface area contributed by atoms with Gasteiger partial charge < -0.3 is 25.0 Å². The number of halogens is 2. The number of anilines is 1. The molecule has 0 spiro atoms. The predicted octanol–water partition coefficient (Wildman–Crippen LogP) is 1.48. The minimum absolute atomic E-state index is 0.0139. The Bertz CT molecular complexity index is 1190. The van der Waals surface area contributed by atoms with Gasteiger partial charge in [0.2, 0.25) is 5.43 Å². The number of phenolic OH excluding ortho intramolecular Hbond substituents is 1. The third-order valence-corrected chi connectivity index (χ3v) is 4.77. The van der Waals surface area contributed by atoms with Crippen molar-refractivity contribution in [2.24, 2.45) is 0 Å². The normalized spacial score (nSPS) is 14.3. The van der Waals surface area contributed by atoms with Gasteiger partial charge in [-0.15, -0.1) is 0 Å². The number of aromatic hydroxyl groups is 1. The van der Waals surface area contributed by atoms with Crippen molar-refractivity contribution in [3.8, 4) is 11.4 Å². The highest BCUT2D eigenvalue weighted by Gasteiger charge is 2.22. The number of nitrogens with one attached hydrogen (secondary N) is 1. The molecule has 1 aliphatic heterocycles. The van der Waals surface area contributed by atoms with E-state index in [2.05, 4.69) is 10.3 Å². The van der Waals surface area contributed by atoms with Crippen molar-refractivity contribution in [1.82, 2.24) is 14.9 Å². The number of phenols is 1. The van der Waals surface area contributed by atoms with E-state index in [0.717, 1.165) is 24.4 Å². The highest BCUT2D eigenvalue weighted by Crippen LogP contribution is 2.25. The Hall–Kier alpha value is -3.53. The van der Waals surface area contributed by atoms with Gasteiger partial charge in [0.25, 0.3) is 0 Å². The standard InChI is InChI=1S/C19H16F2N4O4/c20-13-7-10(1-2-15(13)26)25-9-12(19(28)29)16(27)11-8-14(21)18(23-17(11)25)24-5-3-22-4-6-24/h1-2,7-9,22,26H,3-6H2,(H,28,29). The first-order valence-corrected chi connectivity index (χ1v) is 8.80. The molecule has 10 heteroatoms. The first-order chi connectivity index (χ1) is 13.9. The fourth-order valence-electron chi connectivity index (χ4n) is 3.31. The molecule has 0 radical (unpaired) electrons. The first kappa shape index (κ1) is 18.8. The van der Waals surface area contributed by atoms with Crippen LogP contribution in [0.2, 0.25) is 0 Å². The van der Waals surface area contributed by atoms with Gasteiger partial charge in [-0.25, -0.2) is 18.6 Å². The summed E-state index contributed by atoms with van der Waals surface area (Å²) >= 11 is 0. The largest absolute Gasteiger partial charge is 0.505 e. The second-order valence-electron chi connectivity index (χ2n) is 6.58. The molecule has 3 N–H and O–H groups in total. The number of benzene rings is 1. The van der Waals surface area contributed by atoms with Crippen LogP contribution in [0.4, 0.5) is 14.6 Å². The third-order valence-electron chi connectivity index (χ3n) is 4.77. The lowest BCUT2D eigenvalue weighted by Crippen LogP contribution is -2.44. The summed E-state index contributed by atoms with van der Waals surface area (Å²) in [7, 11) is 0. The monoisotopic (exact) mass is 402 g/mol. The molecule has 0 unspecified atom stereocenters. The average Bonchev–Trinajstić information content (AvgIpc) is 2.71. The zero-order valence-corrected chi connectivity index (χ0v) is 15.0. The Kier molecular flexibility index (Phi) is 4.63. The third kappa shape index (κ3) is 3.27. The Labute approximate surface area is 162 Å². The number of carboxylic acid groups (broad SMARTS) is 1. The SMILES string of the molecule is O=C(O)c1cn(-c2ccc(O)c(F)c2)c2nc(N3CCNCC3)c(F)cc2c1=O. The van der Waals surface area contributed by atoms with Crippen LogP contribution in [0.15, 0.2) is 35.3 Å². The van der Waals surface area contributed by atoms with Crippen molar-refractivity contribution in [2.75, 3.05) is 31.1 Å². The van der Waals surface area contributed by atoms with Gasteiger partial charge in [-0.1, -0.05) is 0 Å². The maximum absolute atomic E-state index is 14.8. The van der Waals surface area contributed by atoms with Gasteiger partial charge in [0.1, 0.15) is 5.56 Å². The molecule has 1 fully saturated rings. The number of rotatable bonds is 3. The summed E-state index contributed by atoms with van der Waals surface area (Å²) in [5, 5.41) is 21.7. The van der Waals surface area contributed by atoms with Crippen LogP contribution in [-0.4, -0.2) is 51.9 Å². The van der Waals surface area contributed by atoms with E-state index in [-0.39, 0.29) is 22.5 Å². The van der Waals surface area contributed by atoms with Gasteiger partial charge in [-0.3, -0.25) is 4.79 Å².